The summed E-state index contributed by atoms with van der Waals surface area (Å²) in [4.78, 5) is 15.7. The van der Waals surface area contributed by atoms with E-state index in [-0.39, 0.29) is 5.91 Å². The number of hydrogen-bond acceptors (Lipinski definition) is 4. The Balaban J connectivity index is 2.11. The molecule has 1 aromatic heterocycles. The van der Waals surface area contributed by atoms with Crippen LogP contribution in [0.5, 0.6) is 0 Å². The zero-order chi connectivity index (χ0) is 12.1. The minimum Gasteiger partial charge on any atom is -0.367 e. The fraction of sp³-hybridized carbons (Fsp3) is 0.182. The Hall–Kier alpha value is -2.21. The van der Waals surface area contributed by atoms with Gasteiger partial charge in [-0.3, -0.25) is 10.1 Å². The van der Waals surface area contributed by atoms with Crippen molar-refractivity contribution in [2.75, 3.05) is 12.4 Å². The van der Waals surface area contributed by atoms with E-state index >= 15 is 0 Å². The molecule has 2 aromatic rings. The first-order valence-corrected chi connectivity index (χ1v) is 5.05. The zero-order valence-corrected chi connectivity index (χ0v) is 9.25. The summed E-state index contributed by atoms with van der Waals surface area (Å²) in [7, 11) is 1.48. The number of H-pyrrole nitrogens is 1. The number of benzene rings is 1. The molecule has 0 aliphatic rings. The Morgan fingerprint density at radius 2 is 2.18 bits per heavy atom. The smallest absolute Gasteiger partial charge is 0.260 e. The molecule has 0 fully saturated rings. The van der Waals surface area contributed by atoms with Crippen LogP contribution in [0.3, 0.4) is 0 Å². The third kappa shape index (κ3) is 2.67. The summed E-state index contributed by atoms with van der Waals surface area (Å²) in [5.41, 5.74) is 0.784. The molecule has 1 heterocycles. The molecule has 0 radical (unpaired) electrons. The van der Waals surface area contributed by atoms with Gasteiger partial charge in [-0.15, -0.1) is 0 Å². The van der Waals surface area contributed by atoms with Crippen molar-refractivity contribution in [1.82, 2.24) is 15.2 Å². The number of carbonyl (C=O) groups excluding carboxylic acids is 1. The van der Waals surface area contributed by atoms with Gasteiger partial charge in [0.15, 0.2) is 6.10 Å². The van der Waals surface area contributed by atoms with Crippen LogP contribution in [-0.2, 0) is 9.53 Å². The number of aromatic amines is 1. The second-order valence-electron chi connectivity index (χ2n) is 3.35. The lowest BCUT2D eigenvalue weighted by Gasteiger charge is -2.14. The summed E-state index contributed by atoms with van der Waals surface area (Å²) in [5.74, 6) is 0.00318. The van der Waals surface area contributed by atoms with Gasteiger partial charge < -0.3 is 4.74 Å². The van der Waals surface area contributed by atoms with E-state index in [1.165, 1.54) is 13.4 Å². The standard InChI is InChI=1S/C11H12N4O2/c1-17-9(8-5-3-2-4-6-8)10(16)14-11-12-7-13-15-11/h2-7,9H,1H3,(H2,12,13,14,15,16). The number of carbonyl (C=O) groups is 1. The van der Waals surface area contributed by atoms with E-state index in [9.17, 15) is 4.79 Å². The fourth-order valence-electron chi connectivity index (χ4n) is 1.47. The Kier molecular flexibility index (Phi) is 3.46. The largest absolute Gasteiger partial charge is 0.367 e. The van der Waals surface area contributed by atoms with Crippen LogP contribution in [0.4, 0.5) is 5.95 Å². The van der Waals surface area contributed by atoms with Gasteiger partial charge >= 0.3 is 0 Å². The minimum absolute atomic E-state index is 0.296. The highest BCUT2D eigenvalue weighted by molar-refractivity contribution is 5.93. The van der Waals surface area contributed by atoms with Gasteiger partial charge in [0.1, 0.15) is 6.33 Å². The SMILES string of the molecule is COC(C(=O)Nc1ncn[nH]1)c1ccccc1. The molecule has 0 spiro atoms. The van der Waals surface area contributed by atoms with Crippen LogP contribution >= 0.6 is 0 Å². The van der Waals surface area contributed by atoms with Crippen LogP contribution in [-0.4, -0.2) is 28.2 Å². The highest BCUT2D eigenvalue weighted by Gasteiger charge is 2.20. The van der Waals surface area contributed by atoms with Crippen LogP contribution < -0.4 is 5.32 Å². The maximum atomic E-state index is 11.9. The number of hydrogen-bond donors (Lipinski definition) is 2. The minimum atomic E-state index is -0.665. The van der Waals surface area contributed by atoms with Gasteiger partial charge in [-0.05, 0) is 5.56 Å². The van der Waals surface area contributed by atoms with E-state index in [1.54, 1.807) is 0 Å². The second-order valence-corrected chi connectivity index (χ2v) is 3.35. The van der Waals surface area contributed by atoms with Crippen molar-refractivity contribution in [2.24, 2.45) is 0 Å². The third-order valence-electron chi connectivity index (χ3n) is 2.23. The molecule has 17 heavy (non-hydrogen) atoms. The number of ether oxygens (including phenoxy) is 1. The molecule has 0 saturated carbocycles. The number of methoxy groups -OCH3 is 1. The molecule has 0 aliphatic carbocycles. The van der Waals surface area contributed by atoms with Gasteiger partial charge in [-0.25, -0.2) is 5.10 Å². The van der Waals surface area contributed by atoms with Crippen molar-refractivity contribution >= 4 is 11.9 Å². The lowest BCUT2D eigenvalue weighted by Crippen LogP contribution is -2.23. The maximum absolute atomic E-state index is 11.9. The lowest BCUT2D eigenvalue weighted by molar-refractivity contribution is -0.126. The average molecular weight is 232 g/mol. The first kappa shape index (κ1) is 11.3. The predicted octanol–water partition coefficient (Wildman–Crippen LogP) is 1.13. The molecule has 6 heteroatoms. The van der Waals surface area contributed by atoms with Gasteiger partial charge in [0.25, 0.3) is 5.91 Å². The van der Waals surface area contributed by atoms with E-state index in [4.69, 9.17) is 4.74 Å². The fourth-order valence-corrected chi connectivity index (χ4v) is 1.47. The van der Waals surface area contributed by atoms with Crippen molar-refractivity contribution in [3.8, 4) is 0 Å². The highest BCUT2D eigenvalue weighted by Crippen LogP contribution is 2.17. The zero-order valence-electron chi connectivity index (χ0n) is 9.25. The van der Waals surface area contributed by atoms with Gasteiger partial charge in [-0.1, -0.05) is 30.3 Å². The molecule has 0 saturated heterocycles. The quantitative estimate of drug-likeness (QED) is 0.828. The first-order chi connectivity index (χ1) is 8.31. The Morgan fingerprint density at radius 3 is 2.76 bits per heavy atom. The van der Waals surface area contributed by atoms with Gasteiger partial charge in [-0.2, -0.15) is 10.1 Å². The van der Waals surface area contributed by atoms with E-state index in [1.807, 2.05) is 30.3 Å². The van der Waals surface area contributed by atoms with E-state index in [0.29, 0.717) is 5.95 Å². The summed E-state index contributed by atoms with van der Waals surface area (Å²) in [6.07, 6.45) is 0.654. The predicted molar refractivity (Wildman–Crippen MR) is 61.2 cm³/mol. The number of amides is 1. The highest BCUT2D eigenvalue weighted by atomic mass is 16.5. The van der Waals surface area contributed by atoms with Crippen LogP contribution in [0.1, 0.15) is 11.7 Å². The monoisotopic (exact) mass is 232 g/mol. The van der Waals surface area contributed by atoms with Gasteiger partial charge in [0.2, 0.25) is 5.95 Å². The van der Waals surface area contributed by atoms with Crippen LogP contribution in [0, 0.1) is 0 Å². The topological polar surface area (TPSA) is 79.9 Å². The van der Waals surface area contributed by atoms with Crippen LogP contribution in [0.15, 0.2) is 36.7 Å². The van der Waals surface area contributed by atoms with Crippen molar-refractivity contribution in [1.29, 1.82) is 0 Å². The molecule has 1 aromatic carbocycles. The van der Waals surface area contributed by atoms with Crippen molar-refractivity contribution in [2.45, 2.75) is 6.10 Å². The molecule has 0 bridgehead atoms. The number of nitrogens with one attached hydrogen (secondary N) is 2. The van der Waals surface area contributed by atoms with Crippen molar-refractivity contribution in [3.63, 3.8) is 0 Å². The number of anilines is 1. The summed E-state index contributed by atoms with van der Waals surface area (Å²) >= 11 is 0. The summed E-state index contributed by atoms with van der Waals surface area (Å²) in [6.45, 7) is 0. The Labute approximate surface area is 98.0 Å². The Morgan fingerprint density at radius 1 is 1.41 bits per heavy atom. The van der Waals surface area contributed by atoms with Crippen LogP contribution in [0.25, 0.3) is 0 Å². The van der Waals surface area contributed by atoms with E-state index in [0.717, 1.165) is 5.56 Å². The summed E-state index contributed by atoms with van der Waals surface area (Å²) in [6, 6.07) is 9.24. The normalized spacial score (nSPS) is 12.1. The first-order valence-electron chi connectivity index (χ1n) is 5.05. The van der Waals surface area contributed by atoms with Gasteiger partial charge in [0, 0.05) is 7.11 Å². The third-order valence-corrected chi connectivity index (χ3v) is 2.23. The molecule has 1 unspecified atom stereocenters. The molecule has 0 aliphatic heterocycles. The number of aromatic nitrogens is 3. The maximum Gasteiger partial charge on any atom is 0.260 e. The molecule has 88 valence electrons. The summed E-state index contributed by atoms with van der Waals surface area (Å²) < 4.78 is 5.17. The van der Waals surface area contributed by atoms with Crippen molar-refractivity contribution < 1.29 is 9.53 Å². The van der Waals surface area contributed by atoms with Crippen LogP contribution in [0.2, 0.25) is 0 Å². The molecular formula is C11H12N4O2. The average Bonchev–Trinajstić information content (AvgIpc) is 2.84. The van der Waals surface area contributed by atoms with Crippen molar-refractivity contribution in [3.05, 3.63) is 42.2 Å². The number of nitrogens with zero attached hydrogens (tertiary/aromatic N) is 2. The number of rotatable bonds is 4. The molecule has 1 amide bonds. The molecule has 2 rings (SSSR count). The summed E-state index contributed by atoms with van der Waals surface area (Å²) in [5, 5.41) is 8.77. The second kappa shape index (κ2) is 5.22. The molecule has 1 atom stereocenters. The Bertz CT molecular complexity index is 469. The lowest BCUT2D eigenvalue weighted by atomic mass is 10.1. The molecule has 6 nitrogen and oxygen atoms in total. The molecular weight excluding hydrogens is 220 g/mol. The van der Waals surface area contributed by atoms with E-state index in [2.05, 4.69) is 20.5 Å². The molecule has 2 N–H and O–H groups in total. The van der Waals surface area contributed by atoms with Gasteiger partial charge in [0.05, 0.1) is 0 Å². The van der Waals surface area contributed by atoms with E-state index < -0.39 is 6.10 Å².